The Morgan fingerprint density at radius 2 is 0.970 bits per heavy atom. The van der Waals surface area contributed by atoms with E-state index >= 15 is 0 Å². The van der Waals surface area contributed by atoms with Gasteiger partial charge < -0.3 is 29.6 Å². The van der Waals surface area contributed by atoms with E-state index in [2.05, 4.69) is 53.3 Å². The third-order valence-corrected chi connectivity index (χ3v) is 4.63. The van der Waals surface area contributed by atoms with Crippen molar-refractivity contribution in [2.45, 2.75) is 79.1 Å². The fraction of sp³-hybridized carbons (Fsp3) is 0.870. The zero-order valence-electron chi connectivity index (χ0n) is 21.2. The van der Waals surface area contributed by atoms with Crippen molar-refractivity contribution in [2.24, 2.45) is 0 Å². The Hall–Kier alpha value is -1.75. The number of unbranched alkanes of at least 4 members (excludes halogenated alkanes) is 4. The maximum atomic E-state index is 5.83. The van der Waals surface area contributed by atoms with E-state index in [-0.39, 0.29) is 0 Å². The van der Waals surface area contributed by atoms with Crippen LogP contribution < -0.4 is 15.5 Å². The number of anilines is 3. The van der Waals surface area contributed by atoms with Crippen LogP contribution in [0.5, 0.6) is 0 Å². The molecular formula is C23H46N6O4. The van der Waals surface area contributed by atoms with Crippen LogP contribution in [0, 0.1) is 0 Å². The highest BCUT2D eigenvalue weighted by Crippen LogP contribution is 2.14. The molecule has 0 atom stereocenters. The highest BCUT2D eigenvalue weighted by molar-refractivity contribution is 5.43. The molecule has 0 spiro atoms. The average Bonchev–Trinajstić information content (AvgIpc) is 2.82. The third kappa shape index (κ3) is 14.9. The molecule has 0 radical (unpaired) electrons. The van der Waals surface area contributed by atoms with Crippen molar-refractivity contribution in [3.8, 4) is 0 Å². The summed E-state index contributed by atoms with van der Waals surface area (Å²) in [5.74, 6) is 1.34. The quantitative estimate of drug-likeness (QED) is 0.174. The molecule has 0 bridgehead atoms. The highest BCUT2D eigenvalue weighted by atomic mass is 16.5. The molecule has 2 N–H and O–H groups in total. The lowest BCUT2D eigenvalue weighted by Crippen LogP contribution is -2.32. The largest absolute Gasteiger partial charge is 0.361 e. The van der Waals surface area contributed by atoms with Crippen LogP contribution in [0.1, 0.15) is 79.1 Å². The standard InChI is InChI=1S/C23H46N6O4/c1-5-9-13-30-17-24-21-26-22(25-18-31-14-10-6-2)28-23(27-21)29(19-32-15-11-7-3)20-33-16-12-8-4/h5-20H2,1-4H3,(H2,24,25,26,27,28). The molecule has 0 saturated carbocycles. The molecule has 0 saturated heterocycles. The van der Waals surface area contributed by atoms with Crippen LogP contribution in [0.2, 0.25) is 0 Å². The molecule has 10 heteroatoms. The van der Waals surface area contributed by atoms with Crippen LogP contribution in [-0.4, -0.2) is 68.3 Å². The minimum absolute atomic E-state index is 0.329. The Morgan fingerprint density at radius 1 is 0.576 bits per heavy atom. The summed E-state index contributed by atoms with van der Waals surface area (Å²) in [6.45, 7) is 12.6. The summed E-state index contributed by atoms with van der Waals surface area (Å²) in [4.78, 5) is 15.5. The second-order valence-electron chi connectivity index (χ2n) is 7.77. The molecule has 33 heavy (non-hydrogen) atoms. The lowest BCUT2D eigenvalue weighted by Gasteiger charge is -2.23. The van der Waals surface area contributed by atoms with E-state index in [1.54, 1.807) is 0 Å². The predicted molar refractivity (Wildman–Crippen MR) is 132 cm³/mol. The number of hydrogen-bond acceptors (Lipinski definition) is 10. The van der Waals surface area contributed by atoms with Crippen LogP contribution in [0.4, 0.5) is 17.8 Å². The van der Waals surface area contributed by atoms with Crippen LogP contribution >= 0.6 is 0 Å². The number of ether oxygens (including phenoxy) is 4. The molecule has 192 valence electrons. The first-order valence-corrected chi connectivity index (χ1v) is 12.5. The molecule has 1 aromatic rings. The van der Waals surface area contributed by atoms with Crippen molar-refractivity contribution >= 4 is 17.8 Å². The van der Waals surface area contributed by atoms with Gasteiger partial charge in [-0.1, -0.05) is 53.4 Å². The molecule has 1 heterocycles. The van der Waals surface area contributed by atoms with Crippen molar-refractivity contribution in [1.29, 1.82) is 0 Å². The molecular weight excluding hydrogens is 424 g/mol. The summed E-state index contributed by atoms with van der Waals surface area (Å²) >= 11 is 0. The molecule has 0 aromatic carbocycles. The summed E-state index contributed by atoms with van der Waals surface area (Å²) in [7, 11) is 0. The van der Waals surface area contributed by atoms with E-state index in [9.17, 15) is 0 Å². The first-order chi connectivity index (χ1) is 16.2. The minimum atomic E-state index is 0.329. The Balaban J connectivity index is 2.86. The fourth-order valence-corrected chi connectivity index (χ4v) is 2.53. The summed E-state index contributed by atoms with van der Waals surface area (Å²) in [6, 6.07) is 0. The molecule has 1 rings (SSSR count). The van der Waals surface area contributed by atoms with Crippen molar-refractivity contribution in [2.75, 3.05) is 68.9 Å². The lowest BCUT2D eigenvalue weighted by molar-refractivity contribution is 0.0812. The van der Waals surface area contributed by atoms with Crippen LogP contribution in [-0.2, 0) is 18.9 Å². The Bertz CT molecular complexity index is 538. The maximum Gasteiger partial charge on any atom is 0.235 e. The number of hydrogen-bond donors (Lipinski definition) is 2. The predicted octanol–water partition coefficient (Wildman–Crippen LogP) is 4.60. The van der Waals surface area contributed by atoms with Gasteiger partial charge in [0.1, 0.15) is 26.9 Å². The highest BCUT2D eigenvalue weighted by Gasteiger charge is 2.14. The summed E-state index contributed by atoms with van der Waals surface area (Å²) in [5, 5.41) is 6.26. The molecule has 0 aliphatic heterocycles. The Labute approximate surface area is 200 Å². The van der Waals surface area contributed by atoms with Gasteiger partial charge in [-0.05, 0) is 25.7 Å². The van der Waals surface area contributed by atoms with Crippen LogP contribution in [0.15, 0.2) is 0 Å². The van der Waals surface area contributed by atoms with Gasteiger partial charge in [0.25, 0.3) is 0 Å². The first kappa shape index (κ1) is 29.3. The number of nitrogens with one attached hydrogen (secondary N) is 2. The van der Waals surface area contributed by atoms with E-state index in [1.165, 1.54) is 0 Å². The summed E-state index contributed by atoms with van der Waals surface area (Å²) in [5.41, 5.74) is 0. The molecule has 0 fully saturated rings. The summed E-state index contributed by atoms with van der Waals surface area (Å²) in [6.07, 6.45) is 8.39. The van der Waals surface area contributed by atoms with E-state index in [0.29, 0.717) is 71.2 Å². The zero-order valence-corrected chi connectivity index (χ0v) is 21.2. The molecule has 1 aromatic heterocycles. The van der Waals surface area contributed by atoms with Gasteiger partial charge in [-0.3, -0.25) is 4.90 Å². The van der Waals surface area contributed by atoms with Gasteiger partial charge in [0.05, 0.1) is 0 Å². The normalized spacial score (nSPS) is 11.0. The number of rotatable bonds is 23. The van der Waals surface area contributed by atoms with Crippen LogP contribution in [0.25, 0.3) is 0 Å². The average molecular weight is 471 g/mol. The van der Waals surface area contributed by atoms with Gasteiger partial charge in [-0.15, -0.1) is 0 Å². The molecule has 0 aliphatic rings. The van der Waals surface area contributed by atoms with Gasteiger partial charge in [0, 0.05) is 26.4 Å². The number of nitrogens with zero attached hydrogens (tertiary/aromatic N) is 4. The van der Waals surface area contributed by atoms with Crippen molar-refractivity contribution in [1.82, 2.24) is 15.0 Å². The maximum absolute atomic E-state index is 5.83. The van der Waals surface area contributed by atoms with Crippen molar-refractivity contribution in [3.63, 3.8) is 0 Å². The summed E-state index contributed by atoms with van der Waals surface area (Å²) < 4.78 is 22.9. The number of aromatic nitrogens is 3. The van der Waals surface area contributed by atoms with Gasteiger partial charge in [0.15, 0.2) is 0 Å². The van der Waals surface area contributed by atoms with Crippen molar-refractivity contribution < 1.29 is 18.9 Å². The fourth-order valence-electron chi connectivity index (χ4n) is 2.53. The minimum Gasteiger partial charge on any atom is -0.361 e. The SMILES string of the molecule is CCCCOCNc1nc(NCOCCCC)nc(N(COCCCC)COCCCC)n1. The first-order valence-electron chi connectivity index (χ1n) is 12.5. The second-order valence-corrected chi connectivity index (χ2v) is 7.77. The lowest BCUT2D eigenvalue weighted by atomic mass is 10.4. The third-order valence-electron chi connectivity index (χ3n) is 4.63. The monoisotopic (exact) mass is 470 g/mol. The van der Waals surface area contributed by atoms with Gasteiger partial charge in [-0.2, -0.15) is 15.0 Å². The molecule has 0 unspecified atom stereocenters. The Morgan fingerprint density at radius 3 is 1.36 bits per heavy atom. The van der Waals surface area contributed by atoms with Gasteiger partial charge in [0.2, 0.25) is 17.8 Å². The van der Waals surface area contributed by atoms with E-state index in [1.807, 2.05) is 4.90 Å². The smallest absolute Gasteiger partial charge is 0.235 e. The van der Waals surface area contributed by atoms with Gasteiger partial charge >= 0.3 is 0 Å². The van der Waals surface area contributed by atoms with E-state index in [0.717, 1.165) is 51.4 Å². The topological polar surface area (TPSA) is 103 Å². The molecule has 0 amide bonds. The van der Waals surface area contributed by atoms with Crippen molar-refractivity contribution in [3.05, 3.63) is 0 Å². The molecule has 10 nitrogen and oxygen atoms in total. The zero-order chi connectivity index (χ0) is 24.0. The van der Waals surface area contributed by atoms with Gasteiger partial charge in [-0.25, -0.2) is 0 Å². The van der Waals surface area contributed by atoms with E-state index < -0.39 is 0 Å². The van der Waals surface area contributed by atoms with Crippen LogP contribution in [0.3, 0.4) is 0 Å². The second kappa shape index (κ2) is 20.8. The molecule has 0 aliphatic carbocycles. The van der Waals surface area contributed by atoms with E-state index in [4.69, 9.17) is 18.9 Å². The Kier molecular flexibility index (Phi) is 18.5.